The second-order valence-electron chi connectivity index (χ2n) is 5.99. The summed E-state index contributed by atoms with van der Waals surface area (Å²) in [6, 6.07) is 0. The van der Waals surface area contributed by atoms with Crippen LogP contribution in [0.5, 0.6) is 0 Å². The number of piperidine rings is 1. The van der Waals surface area contributed by atoms with Gasteiger partial charge in [-0.1, -0.05) is 19.9 Å². The van der Waals surface area contributed by atoms with Gasteiger partial charge in [-0.2, -0.15) is 0 Å². The summed E-state index contributed by atoms with van der Waals surface area (Å²) < 4.78 is 0. The summed E-state index contributed by atoms with van der Waals surface area (Å²) in [4.78, 5) is 9.28. The molecular weight excluding hydrogens is 224 g/mol. The first kappa shape index (κ1) is 13.4. The first-order chi connectivity index (χ1) is 8.57. The molecule has 0 saturated carbocycles. The number of rotatable bonds is 4. The topological polar surface area (TPSA) is 44.9 Å². The van der Waals surface area contributed by atoms with Gasteiger partial charge in [-0.25, -0.2) is 0 Å². The molecule has 2 rings (SSSR count). The van der Waals surface area contributed by atoms with E-state index in [0.29, 0.717) is 5.96 Å². The van der Waals surface area contributed by atoms with E-state index in [9.17, 15) is 0 Å². The highest BCUT2D eigenvalue weighted by Crippen LogP contribution is 2.33. The van der Waals surface area contributed by atoms with Gasteiger partial charge in [0.1, 0.15) is 0 Å². The van der Waals surface area contributed by atoms with Gasteiger partial charge in [0.05, 0.1) is 12.1 Å². The normalized spacial score (nSPS) is 23.7. The van der Waals surface area contributed by atoms with Crippen molar-refractivity contribution in [1.82, 2.24) is 9.80 Å². The average molecular weight is 250 g/mol. The lowest BCUT2D eigenvalue weighted by Crippen LogP contribution is -2.57. The van der Waals surface area contributed by atoms with Crippen LogP contribution in [0.15, 0.2) is 17.6 Å². The number of hydrogen-bond donors (Lipinski definition) is 1. The smallest absolute Gasteiger partial charge is 0.192 e. The second kappa shape index (κ2) is 5.31. The van der Waals surface area contributed by atoms with Gasteiger partial charge in [-0.15, -0.1) is 6.58 Å². The molecule has 0 aliphatic carbocycles. The molecular formula is C14H26N4. The van der Waals surface area contributed by atoms with Crippen molar-refractivity contribution < 1.29 is 0 Å². The molecule has 0 bridgehead atoms. The highest BCUT2D eigenvalue weighted by Gasteiger charge is 2.43. The molecule has 0 aromatic rings. The van der Waals surface area contributed by atoms with E-state index < -0.39 is 0 Å². The third-order valence-electron chi connectivity index (χ3n) is 4.11. The molecule has 4 nitrogen and oxygen atoms in total. The molecule has 2 N–H and O–H groups in total. The largest absolute Gasteiger partial charge is 0.370 e. The first-order valence-electron chi connectivity index (χ1n) is 6.98. The zero-order chi connectivity index (χ0) is 13.2. The summed E-state index contributed by atoms with van der Waals surface area (Å²) in [5.41, 5.74) is 6.17. The van der Waals surface area contributed by atoms with Gasteiger partial charge in [0.15, 0.2) is 5.96 Å². The molecule has 1 saturated heterocycles. The van der Waals surface area contributed by atoms with Crippen LogP contribution >= 0.6 is 0 Å². The molecule has 2 aliphatic heterocycles. The number of hydrogen-bond acceptors (Lipinski definition) is 4. The minimum atomic E-state index is 0.172. The predicted molar refractivity (Wildman–Crippen MR) is 76.6 cm³/mol. The lowest BCUT2D eigenvalue weighted by Gasteiger charge is -2.45. The van der Waals surface area contributed by atoms with Crippen molar-refractivity contribution in [3.63, 3.8) is 0 Å². The van der Waals surface area contributed by atoms with E-state index in [2.05, 4.69) is 35.2 Å². The minimum Gasteiger partial charge on any atom is -0.370 e. The van der Waals surface area contributed by atoms with Gasteiger partial charge in [0.2, 0.25) is 0 Å². The molecule has 2 aliphatic rings. The molecule has 0 unspecified atom stereocenters. The van der Waals surface area contributed by atoms with Crippen LogP contribution in [0.3, 0.4) is 0 Å². The number of nitrogens with two attached hydrogens (primary N) is 1. The molecule has 2 heterocycles. The fraction of sp³-hybridized carbons (Fsp3) is 0.786. The maximum absolute atomic E-state index is 6.00. The van der Waals surface area contributed by atoms with Gasteiger partial charge in [-0.3, -0.25) is 4.99 Å². The van der Waals surface area contributed by atoms with E-state index in [1.54, 1.807) is 0 Å². The van der Waals surface area contributed by atoms with E-state index in [4.69, 9.17) is 5.73 Å². The van der Waals surface area contributed by atoms with Crippen molar-refractivity contribution in [3.05, 3.63) is 12.7 Å². The second-order valence-corrected chi connectivity index (χ2v) is 5.99. The van der Waals surface area contributed by atoms with Gasteiger partial charge >= 0.3 is 0 Å². The average Bonchev–Trinajstić information content (AvgIpc) is 2.62. The summed E-state index contributed by atoms with van der Waals surface area (Å²) in [6.45, 7) is 13.6. The molecule has 1 spiro atoms. The fourth-order valence-corrected chi connectivity index (χ4v) is 3.15. The number of guanidine groups is 1. The third kappa shape index (κ3) is 2.53. The van der Waals surface area contributed by atoms with Crippen molar-refractivity contribution >= 4 is 5.96 Å². The maximum Gasteiger partial charge on any atom is 0.192 e. The Kier molecular flexibility index (Phi) is 3.95. The molecule has 102 valence electrons. The van der Waals surface area contributed by atoms with Crippen molar-refractivity contribution in [2.75, 3.05) is 32.7 Å². The summed E-state index contributed by atoms with van der Waals surface area (Å²) in [6.07, 6.45) is 4.26. The fourth-order valence-electron chi connectivity index (χ4n) is 3.15. The van der Waals surface area contributed by atoms with E-state index in [1.165, 1.54) is 6.54 Å². The summed E-state index contributed by atoms with van der Waals surface area (Å²) in [7, 11) is 0. The quantitative estimate of drug-likeness (QED) is 0.765. The molecule has 1 fully saturated rings. The molecule has 18 heavy (non-hydrogen) atoms. The van der Waals surface area contributed by atoms with Gasteiger partial charge in [0, 0.05) is 26.2 Å². The summed E-state index contributed by atoms with van der Waals surface area (Å²) in [5.74, 6) is 1.44. The Morgan fingerprint density at radius 2 is 2.11 bits per heavy atom. The number of aliphatic imine (C=N–C) groups is 1. The zero-order valence-electron chi connectivity index (χ0n) is 11.7. The Morgan fingerprint density at radius 3 is 2.67 bits per heavy atom. The highest BCUT2D eigenvalue weighted by molar-refractivity contribution is 5.81. The number of likely N-dealkylation sites (tertiary alicyclic amines) is 1. The molecule has 0 aromatic heterocycles. The van der Waals surface area contributed by atoms with Crippen LogP contribution in [0.1, 0.15) is 26.7 Å². The van der Waals surface area contributed by atoms with Gasteiger partial charge in [-0.05, 0) is 18.8 Å². The van der Waals surface area contributed by atoms with Crippen LogP contribution in [0.4, 0.5) is 0 Å². The van der Waals surface area contributed by atoms with Crippen molar-refractivity contribution in [2.45, 2.75) is 32.2 Å². The Bertz CT molecular complexity index is 327. The lowest BCUT2D eigenvalue weighted by atomic mass is 9.86. The molecule has 0 radical (unpaired) electrons. The first-order valence-corrected chi connectivity index (χ1v) is 6.98. The monoisotopic (exact) mass is 250 g/mol. The van der Waals surface area contributed by atoms with E-state index in [-0.39, 0.29) is 5.54 Å². The summed E-state index contributed by atoms with van der Waals surface area (Å²) >= 11 is 0. The van der Waals surface area contributed by atoms with Gasteiger partial charge in [0.25, 0.3) is 0 Å². The van der Waals surface area contributed by atoms with Crippen molar-refractivity contribution in [3.8, 4) is 0 Å². The molecule has 0 amide bonds. The number of nitrogens with zero attached hydrogens (tertiary/aromatic N) is 3. The highest BCUT2D eigenvalue weighted by atomic mass is 15.4. The van der Waals surface area contributed by atoms with Crippen molar-refractivity contribution in [2.24, 2.45) is 16.6 Å². The zero-order valence-corrected chi connectivity index (χ0v) is 11.7. The minimum absolute atomic E-state index is 0.172. The van der Waals surface area contributed by atoms with Crippen molar-refractivity contribution in [1.29, 1.82) is 0 Å². The summed E-state index contributed by atoms with van der Waals surface area (Å²) in [5, 5.41) is 0. The Hall–Kier alpha value is -1.03. The molecule has 0 aromatic carbocycles. The SMILES string of the molecule is C=CCN1C(N)=NCC12CCN(CC(C)C)CC2. The lowest BCUT2D eigenvalue weighted by molar-refractivity contribution is 0.0854. The maximum atomic E-state index is 6.00. The van der Waals surface area contributed by atoms with Crippen LogP contribution in [0.2, 0.25) is 0 Å². The van der Waals surface area contributed by atoms with Crippen LogP contribution in [0.25, 0.3) is 0 Å². The standard InChI is InChI=1S/C14H26N4/c1-4-7-18-13(15)16-11-14(18)5-8-17(9-6-14)10-12(2)3/h4,12H,1,5-11H2,2-3H3,(H2,15,16). The molecule has 4 heteroatoms. The van der Waals surface area contributed by atoms with E-state index in [1.807, 2.05) is 6.08 Å². The van der Waals surface area contributed by atoms with Crippen LogP contribution in [-0.4, -0.2) is 54.0 Å². The van der Waals surface area contributed by atoms with Crippen LogP contribution in [-0.2, 0) is 0 Å². The predicted octanol–water partition coefficient (Wildman–Crippen LogP) is 1.29. The van der Waals surface area contributed by atoms with Gasteiger partial charge < -0.3 is 15.5 Å². The van der Waals surface area contributed by atoms with E-state index in [0.717, 1.165) is 44.9 Å². The Balaban J connectivity index is 1.97. The molecule has 0 atom stereocenters. The van der Waals surface area contributed by atoms with Crippen LogP contribution < -0.4 is 5.73 Å². The Morgan fingerprint density at radius 1 is 1.44 bits per heavy atom. The third-order valence-corrected chi connectivity index (χ3v) is 4.11. The van der Waals surface area contributed by atoms with E-state index >= 15 is 0 Å². The van der Waals surface area contributed by atoms with Crippen LogP contribution in [0, 0.1) is 5.92 Å². The Labute approximate surface area is 111 Å².